The summed E-state index contributed by atoms with van der Waals surface area (Å²) in [5.74, 6) is 0.219. The van der Waals surface area contributed by atoms with Crippen molar-refractivity contribution in [3.8, 4) is 0 Å². The van der Waals surface area contributed by atoms with Crippen molar-refractivity contribution in [2.75, 3.05) is 31.6 Å². The molecule has 2 atom stereocenters. The fraction of sp³-hybridized carbons (Fsp3) is 0.650. The zero-order valence-corrected chi connectivity index (χ0v) is 15.3. The highest BCUT2D eigenvalue weighted by Gasteiger charge is 2.27. The molecule has 5 heteroatoms. The Balaban J connectivity index is 1.54. The molecule has 0 radical (unpaired) electrons. The van der Waals surface area contributed by atoms with Gasteiger partial charge in [0.15, 0.2) is 0 Å². The van der Waals surface area contributed by atoms with Gasteiger partial charge < -0.3 is 20.2 Å². The molecule has 1 saturated carbocycles. The first-order valence-corrected chi connectivity index (χ1v) is 9.65. The van der Waals surface area contributed by atoms with Gasteiger partial charge in [0.1, 0.15) is 0 Å². The molecule has 25 heavy (non-hydrogen) atoms. The normalized spacial score (nSPS) is 23.5. The molecule has 1 aromatic carbocycles. The maximum absolute atomic E-state index is 12.4. The molecule has 0 aromatic heterocycles. The van der Waals surface area contributed by atoms with Crippen LogP contribution in [0.1, 0.15) is 44.1 Å². The number of hydrogen-bond acceptors (Lipinski definition) is 3. The first-order chi connectivity index (χ1) is 12.1. The summed E-state index contributed by atoms with van der Waals surface area (Å²) < 4.78 is 0. The molecule has 2 fully saturated rings. The van der Waals surface area contributed by atoms with Crippen LogP contribution in [0, 0.1) is 5.92 Å². The Hall–Kier alpha value is -1.75. The average Bonchev–Trinajstić information content (AvgIpc) is 3.05. The second kappa shape index (κ2) is 8.56. The summed E-state index contributed by atoms with van der Waals surface area (Å²) in [5, 5.41) is 13.0. The van der Waals surface area contributed by atoms with Gasteiger partial charge in [0, 0.05) is 44.8 Å². The van der Waals surface area contributed by atoms with Crippen LogP contribution in [0.25, 0.3) is 0 Å². The van der Waals surface area contributed by atoms with Crippen LogP contribution in [0.4, 0.5) is 10.5 Å². The van der Waals surface area contributed by atoms with Gasteiger partial charge in [0.25, 0.3) is 0 Å². The molecule has 2 N–H and O–H groups in total. The number of nitrogens with one attached hydrogen (secondary N) is 1. The molecular formula is C20H31N3O2. The Kier molecular flexibility index (Phi) is 6.19. The highest BCUT2D eigenvalue weighted by atomic mass is 16.3. The van der Waals surface area contributed by atoms with Gasteiger partial charge in [-0.2, -0.15) is 0 Å². The van der Waals surface area contributed by atoms with E-state index in [0.29, 0.717) is 13.1 Å². The Bertz CT molecular complexity index is 572. The van der Waals surface area contributed by atoms with Crippen molar-refractivity contribution in [2.24, 2.45) is 5.92 Å². The number of aliphatic hydroxyl groups is 1. The number of aliphatic hydroxyl groups excluding tert-OH is 1. The van der Waals surface area contributed by atoms with Gasteiger partial charge in [-0.05, 0) is 43.7 Å². The first-order valence-electron chi connectivity index (χ1n) is 9.65. The number of rotatable bonds is 5. The van der Waals surface area contributed by atoms with Gasteiger partial charge in [-0.25, -0.2) is 4.79 Å². The minimum Gasteiger partial charge on any atom is -0.393 e. The zero-order chi connectivity index (χ0) is 17.6. The number of piperidine rings is 1. The molecule has 1 aromatic rings. The average molecular weight is 345 g/mol. The molecule has 2 amide bonds. The number of hydrogen-bond donors (Lipinski definition) is 2. The summed E-state index contributed by atoms with van der Waals surface area (Å²) in [4.78, 5) is 16.6. The summed E-state index contributed by atoms with van der Waals surface area (Å²) in [6, 6.07) is 8.31. The van der Waals surface area contributed by atoms with Crippen LogP contribution in [0.5, 0.6) is 0 Å². The number of anilines is 1. The maximum atomic E-state index is 12.4. The molecule has 1 aliphatic heterocycles. The summed E-state index contributed by atoms with van der Waals surface area (Å²) in [6.07, 6.45) is 6.48. The van der Waals surface area contributed by atoms with Crippen LogP contribution >= 0.6 is 0 Å². The lowest BCUT2D eigenvalue weighted by Crippen LogP contribution is -2.41. The smallest absolute Gasteiger partial charge is 0.317 e. The van der Waals surface area contributed by atoms with Gasteiger partial charge >= 0.3 is 6.03 Å². The molecular weight excluding hydrogens is 314 g/mol. The van der Waals surface area contributed by atoms with Gasteiger partial charge in [-0.1, -0.05) is 24.6 Å². The van der Waals surface area contributed by atoms with Crippen LogP contribution in [0.3, 0.4) is 0 Å². The Morgan fingerprint density at radius 2 is 1.96 bits per heavy atom. The van der Waals surface area contributed by atoms with Gasteiger partial charge in [0.2, 0.25) is 0 Å². The summed E-state index contributed by atoms with van der Waals surface area (Å²) in [5.41, 5.74) is 2.42. The number of carbonyl (C=O) groups is 1. The number of nitrogens with zero attached hydrogens (tertiary/aromatic N) is 2. The van der Waals surface area contributed by atoms with E-state index in [9.17, 15) is 9.90 Å². The van der Waals surface area contributed by atoms with E-state index in [1.54, 1.807) is 4.90 Å². The van der Waals surface area contributed by atoms with Crippen LogP contribution in [-0.2, 0) is 6.54 Å². The Morgan fingerprint density at radius 3 is 2.68 bits per heavy atom. The second-order valence-electron chi connectivity index (χ2n) is 7.47. The van der Waals surface area contributed by atoms with Crippen molar-refractivity contribution in [1.29, 1.82) is 0 Å². The standard InChI is InChI=1S/C20H31N3O2/c1-22(15-17-9-7-11-19(17)24)20(25)21-14-16-8-3-4-10-18(16)23-12-5-2-6-13-23/h3-4,8,10,17,19,24H,2,5-7,9,11-15H2,1H3,(H,21,25). The third kappa shape index (κ3) is 4.66. The highest BCUT2D eigenvalue weighted by Crippen LogP contribution is 2.26. The molecule has 1 heterocycles. The van der Waals surface area contributed by atoms with E-state index in [-0.39, 0.29) is 18.1 Å². The topological polar surface area (TPSA) is 55.8 Å². The lowest BCUT2D eigenvalue weighted by Gasteiger charge is -2.31. The molecule has 0 bridgehead atoms. The number of para-hydroxylation sites is 1. The number of benzene rings is 1. The van der Waals surface area contributed by atoms with Crippen molar-refractivity contribution in [3.63, 3.8) is 0 Å². The fourth-order valence-electron chi connectivity index (χ4n) is 4.07. The van der Waals surface area contributed by atoms with E-state index >= 15 is 0 Å². The molecule has 138 valence electrons. The predicted octanol–water partition coefficient (Wildman–Crippen LogP) is 2.98. The number of urea groups is 1. The first kappa shape index (κ1) is 18.1. The SMILES string of the molecule is CN(CC1CCCC1O)C(=O)NCc1ccccc1N1CCCCC1. The van der Waals surface area contributed by atoms with Crippen molar-refractivity contribution in [3.05, 3.63) is 29.8 Å². The van der Waals surface area contributed by atoms with E-state index in [1.165, 1.54) is 30.5 Å². The van der Waals surface area contributed by atoms with E-state index in [2.05, 4.69) is 28.4 Å². The molecule has 2 unspecified atom stereocenters. The van der Waals surface area contributed by atoms with Crippen LogP contribution < -0.4 is 10.2 Å². The largest absolute Gasteiger partial charge is 0.393 e. The summed E-state index contributed by atoms with van der Waals surface area (Å²) in [7, 11) is 1.82. The highest BCUT2D eigenvalue weighted by molar-refractivity contribution is 5.74. The Morgan fingerprint density at radius 1 is 1.20 bits per heavy atom. The molecule has 0 spiro atoms. The van der Waals surface area contributed by atoms with E-state index in [0.717, 1.165) is 32.4 Å². The van der Waals surface area contributed by atoms with E-state index in [4.69, 9.17) is 0 Å². The zero-order valence-electron chi connectivity index (χ0n) is 15.3. The van der Waals surface area contributed by atoms with Crippen molar-refractivity contribution >= 4 is 11.7 Å². The van der Waals surface area contributed by atoms with Gasteiger partial charge in [0.05, 0.1) is 6.10 Å². The number of carbonyl (C=O) groups excluding carboxylic acids is 1. The van der Waals surface area contributed by atoms with Crippen molar-refractivity contribution in [1.82, 2.24) is 10.2 Å². The lowest BCUT2D eigenvalue weighted by molar-refractivity contribution is 0.114. The quantitative estimate of drug-likeness (QED) is 0.863. The molecule has 5 nitrogen and oxygen atoms in total. The second-order valence-corrected chi connectivity index (χ2v) is 7.47. The lowest BCUT2D eigenvalue weighted by atomic mass is 10.1. The summed E-state index contributed by atoms with van der Waals surface area (Å²) >= 11 is 0. The van der Waals surface area contributed by atoms with Gasteiger partial charge in [-0.15, -0.1) is 0 Å². The van der Waals surface area contributed by atoms with Gasteiger partial charge in [-0.3, -0.25) is 0 Å². The van der Waals surface area contributed by atoms with Crippen molar-refractivity contribution < 1.29 is 9.90 Å². The molecule has 2 aliphatic rings. The third-order valence-corrected chi connectivity index (χ3v) is 5.59. The molecule has 1 aliphatic carbocycles. The van der Waals surface area contributed by atoms with Crippen LogP contribution in [0.15, 0.2) is 24.3 Å². The molecule has 3 rings (SSSR count). The monoisotopic (exact) mass is 345 g/mol. The third-order valence-electron chi connectivity index (χ3n) is 5.59. The minimum absolute atomic E-state index is 0.0625. The fourth-order valence-corrected chi connectivity index (χ4v) is 4.07. The van der Waals surface area contributed by atoms with Crippen LogP contribution in [-0.4, -0.2) is 48.8 Å². The van der Waals surface area contributed by atoms with Crippen LogP contribution in [0.2, 0.25) is 0 Å². The van der Waals surface area contributed by atoms with Crippen molar-refractivity contribution in [2.45, 2.75) is 51.2 Å². The summed E-state index contributed by atoms with van der Waals surface area (Å²) in [6.45, 7) is 3.37. The van der Waals surface area contributed by atoms with E-state index in [1.807, 2.05) is 13.1 Å². The minimum atomic E-state index is -0.255. The maximum Gasteiger partial charge on any atom is 0.317 e. The number of amides is 2. The Labute approximate surface area is 151 Å². The molecule has 1 saturated heterocycles. The van der Waals surface area contributed by atoms with E-state index < -0.39 is 0 Å². The predicted molar refractivity (Wildman–Crippen MR) is 101 cm³/mol.